The number of halogens is 2. The first-order valence-corrected chi connectivity index (χ1v) is 10.4. The van der Waals surface area contributed by atoms with E-state index in [2.05, 4.69) is 20.4 Å². The Morgan fingerprint density at radius 1 is 1.00 bits per heavy atom. The van der Waals surface area contributed by atoms with Crippen molar-refractivity contribution in [1.29, 1.82) is 0 Å². The Morgan fingerprint density at radius 3 is 2.34 bits per heavy atom. The van der Waals surface area contributed by atoms with Crippen molar-refractivity contribution in [3.63, 3.8) is 0 Å². The van der Waals surface area contributed by atoms with E-state index in [0.717, 1.165) is 11.4 Å². The standard InChI is InChI=1S/C19H18ClFN6OS/c20-14-1-5-17(6-2-14)27-19(22-23-24-27)29-13-18(28)26-11-9-25(10-12-26)16-7-3-15(21)4-8-16/h1-8H,9-13H2. The zero-order valence-electron chi connectivity index (χ0n) is 15.4. The molecular formula is C19H18ClFN6OS. The van der Waals surface area contributed by atoms with Gasteiger partial charge < -0.3 is 9.80 Å². The van der Waals surface area contributed by atoms with Crippen LogP contribution in [0.15, 0.2) is 53.7 Å². The number of hydrogen-bond donors (Lipinski definition) is 0. The van der Waals surface area contributed by atoms with Gasteiger partial charge in [-0.2, -0.15) is 4.68 Å². The van der Waals surface area contributed by atoms with Crippen LogP contribution in [0.5, 0.6) is 0 Å². The summed E-state index contributed by atoms with van der Waals surface area (Å²) in [5, 5.41) is 12.9. The lowest BCUT2D eigenvalue weighted by atomic mass is 10.2. The van der Waals surface area contributed by atoms with Gasteiger partial charge in [0.25, 0.3) is 0 Å². The van der Waals surface area contributed by atoms with Gasteiger partial charge in [-0.1, -0.05) is 23.4 Å². The molecule has 150 valence electrons. The van der Waals surface area contributed by atoms with Crippen LogP contribution in [0.1, 0.15) is 0 Å². The number of aromatic nitrogens is 4. The molecule has 10 heteroatoms. The zero-order valence-corrected chi connectivity index (χ0v) is 17.0. The van der Waals surface area contributed by atoms with E-state index in [4.69, 9.17) is 11.6 Å². The van der Waals surface area contributed by atoms with Gasteiger partial charge in [0.15, 0.2) is 0 Å². The predicted octanol–water partition coefficient (Wildman–Crippen LogP) is 2.90. The fourth-order valence-electron chi connectivity index (χ4n) is 3.10. The number of tetrazole rings is 1. The first-order valence-electron chi connectivity index (χ1n) is 9.05. The summed E-state index contributed by atoms with van der Waals surface area (Å²) in [7, 11) is 0. The van der Waals surface area contributed by atoms with Gasteiger partial charge in [0, 0.05) is 36.9 Å². The van der Waals surface area contributed by atoms with Gasteiger partial charge in [-0.3, -0.25) is 4.79 Å². The molecule has 2 heterocycles. The lowest BCUT2D eigenvalue weighted by Gasteiger charge is -2.36. The molecule has 0 atom stereocenters. The molecule has 2 aromatic carbocycles. The Balaban J connectivity index is 1.32. The van der Waals surface area contributed by atoms with Crippen LogP contribution in [0.2, 0.25) is 5.02 Å². The van der Waals surface area contributed by atoms with Gasteiger partial charge in [0.2, 0.25) is 11.1 Å². The van der Waals surface area contributed by atoms with Gasteiger partial charge in [-0.05, 0) is 59.0 Å². The van der Waals surface area contributed by atoms with E-state index in [-0.39, 0.29) is 17.5 Å². The highest BCUT2D eigenvalue weighted by Crippen LogP contribution is 2.21. The fraction of sp³-hybridized carbons (Fsp3) is 0.263. The molecule has 1 aliphatic heterocycles. The number of rotatable bonds is 5. The summed E-state index contributed by atoms with van der Waals surface area (Å²) in [5.74, 6) is 0.0461. The van der Waals surface area contributed by atoms with Crippen molar-refractivity contribution in [3.05, 3.63) is 59.4 Å². The van der Waals surface area contributed by atoms with E-state index in [9.17, 15) is 9.18 Å². The van der Waals surface area contributed by atoms with Gasteiger partial charge in [0.05, 0.1) is 11.4 Å². The Hall–Kier alpha value is -2.65. The van der Waals surface area contributed by atoms with Crippen molar-refractivity contribution in [3.8, 4) is 5.69 Å². The summed E-state index contributed by atoms with van der Waals surface area (Å²) < 4.78 is 14.7. The first-order chi connectivity index (χ1) is 14.1. The molecule has 3 aromatic rings. The number of nitrogens with zero attached hydrogens (tertiary/aromatic N) is 6. The largest absolute Gasteiger partial charge is 0.368 e. The van der Waals surface area contributed by atoms with Crippen LogP contribution in [0.3, 0.4) is 0 Å². The number of amides is 1. The maximum absolute atomic E-state index is 13.1. The molecule has 1 fully saturated rings. The summed E-state index contributed by atoms with van der Waals surface area (Å²) >= 11 is 7.22. The smallest absolute Gasteiger partial charge is 0.233 e. The number of hydrogen-bond acceptors (Lipinski definition) is 6. The number of benzene rings is 2. The molecular weight excluding hydrogens is 415 g/mol. The Bertz CT molecular complexity index is 973. The number of piperazine rings is 1. The summed E-state index contributed by atoms with van der Waals surface area (Å²) in [6.07, 6.45) is 0. The maximum Gasteiger partial charge on any atom is 0.233 e. The van der Waals surface area contributed by atoms with Crippen molar-refractivity contribution in [2.75, 3.05) is 36.8 Å². The van der Waals surface area contributed by atoms with Crippen LogP contribution in [0, 0.1) is 5.82 Å². The summed E-state index contributed by atoms with van der Waals surface area (Å²) in [6, 6.07) is 13.6. The Morgan fingerprint density at radius 2 is 1.66 bits per heavy atom. The average Bonchev–Trinajstić information content (AvgIpc) is 3.22. The van der Waals surface area contributed by atoms with Crippen LogP contribution in [-0.4, -0.2) is 62.9 Å². The number of carbonyl (C=O) groups excluding carboxylic acids is 1. The molecule has 0 unspecified atom stereocenters. The second-order valence-corrected chi connectivity index (χ2v) is 7.86. The molecule has 1 aliphatic rings. The van der Waals surface area contributed by atoms with Gasteiger partial charge in [0.1, 0.15) is 5.82 Å². The van der Waals surface area contributed by atoms with Gasteiger partial charge >= 0.3 is 0 Å². The van der Waals surface area contributed by atoms with E-state index < -0.39 is 0 Å². The molecule has 0 bridgehead atoms. The van der Waals surface area contributed by atoms with Gasteiger partial charge in [-0.25, -0.2) is 4.39 Å². The number of carbonyl (C=O) groups is 1. The van der Waals surface area contributed by atoms with E-state index in [1.54, 1.807) is 28.9 Å². The molecule has 0 aliphatic carbocycles. The summed E-state index contributed by atoms with van der Waals surface area (Å²) in [4.78, 5) is 16.6. The molecule has 0 saturated carbocycles. The van der Waals surface area contributed by atoms with Gasteiger partial charge in [-0.15, -0.1) is 5.10 Å². The molecule has 1 aromatic heterocycles. The summed E-state index contributed by atoms with van der Waals surface area (Å²) in [6.45, 7) is 2.67. The second-order valence-electron chi connectivity index (χ2n) is 6.48. The first kappa shape index (κ1) is 19.7. The fourth-order valence-corrected chi connectivity index (χ4v) is 4.02. The average molecular weight is 433 g/mol. The highest BCUT2D eigenvalue weighted by Gasteiger charge is 2.22. The normalized spacial score (nSPS) is 14.3. The van der Waals surface area contributed by atoms with E-state index >= 15 is 0 Å². The zero-order chi connectivity index (χ0) is 20.2. The molecule has 0 N–H and O–H groups in total. The van der Waals surface area contributed by atoms with Crippen molar-refractivity contribution in [2.24, 2.45) is 0 Å². The SMILES string of the molecule is O=C(CSc1nnnn1-c1ccc(Cl)cc1)N1CCN(c2ccc(F)cc2)CC1. The van der Waals surface area contributed by atoms with Crippen LogP contribution in [0.4, 0.5) is 10.1 Å². The lowest BCUT2D eigenvalue weighted by molar-refractivity contribution is -0.128. The predicted molar refractivity (Wildman–Crippen MR) is 110 cm³/mol. The topological polar surface area (TPSA) is 67.2 Å². The van der Waals surface area contributed by atoms with Crippen LogP contribution < -0.4 is 4.90 Å². The Kier molecular flexibility index (Phi) is 5.96. The van der Waals surface area contributed by atoms with Crippen molar-refractivity contribution in [1.82, 2.24) is 25.1 Å². The molecule has 29 heavy (non-hydrogen) atoms. The minimum Gasteiger partial charge on any atom is -0.368 e. The second kappa shape index (κ2) is 8.79. The van der Waals surface area contributed by atoms with Crippen molar-refractivity contribution >= 4 is 35.0 Å². The van der Waals surface area contributed by atoms with Crippen LogP contribution in [-0.2, 0) is 4.79 Å². The Labute approximate surface area is 176 Å². The summed E-state index contributed by atoms with van der Waals surface area (Å²) in [5.41, 5.74) is 1.75. The molecule has 0 radical (unpaired) electrons. The minimum absolute atomic E-state index is 0.0411. The van der Waals surface area contributed by atoms with Crippen LogP contribution >= 0.6 is 23.4 Å². The molecule has 7 nitrogen and oxygen atoms in total. The quantitative estimate of drug-likeness (QED) is 0.577. The number of thioether (sulfide) groups is 1. The third-order valence-electron chi connectivity index (χ3n) is 4.66. The third kappa shape index (κ3) is 4.68. The molecule has 1 saturated heterocycles. The van der Waals surface area contributed by atoms with E-state index in [1.807, 2.05) is 17.0 Å². The third-order valence-corrected chi connectivity index (χ3v) is 5.82. The maximum atomic E-state index is 13.1. The number of anilines is 1. The van der Waals surface area contributed by atoms with Crippen LogP contribution in [0.25, 0.3) is 5.69 Å². The van der Waals surface area contributed by atoms with Crippen molar-refractivity contribution in [2.45, 2.75) is 5.16 Å². The molecule has 1 amide bonds. The highest BCUT2D eigenvalue weighted by molar-refractivity contribution is 7.99. The highest BCUT2D eigenvalue weighted by atomic mass is 35.5. The molecule has 0 spiro atoms. The minimum atomic E-state index is -0.250. The van der Waals surface area contributed by atoms with E-state index in [0.29, 0.717) is 36.4 Å². The monoisotopic (exact) mass is 432 g/mol. The molecule has 4 rings (SSSR count). The van der Waals surface area contributed by atoms with Crippen molar-refractivity contribution < 1.29 is 9.18 Å². The van der Waals surface area contributed by atoms with E-state index in [1.165, 1.54) is 23.9 Å². The lowest BCUT2D eigenvalue weighted by Crippen LogP contribution is -2.49.